The second-order valence-electron chi connectivity index (χ2n) is 4.59. The minimum atomic E-state index is 0.0866. The topological polar surface area (TPSA) is 46.9 Å². The van der Waals surface area contributed by atoms with Gasteiger partial charge in [-0.2, -0.15) is 0 Å². The van der Waals surface area contributed by atoms with Crippen molar-refractivity contribution in [3.05, 3.63) is 27.9 Å². The van der Waals surface area contributed by atoms with Crippen LogP contribution in [-0.2, 0) is 6.54 Å². The Labute approximate surface area is 95.7 Å². The number of piperidine rings is 1. The summed E-state index contributed by atoms with van der Waals surface area (Å²) in [5, 5.41) is 3.34. The van der Waals surface area contributed by atoms with Crippen LogP contribution < -0.4 is 10.9 Å². The van der Waals surface area contributed by atoms with Crippen LogP contribution in [-0.4, -0.2) is 22.6 Å². The van der Waals surface area contributed by atoms with Crippen LogP contribution in [0.4, 0.5) is 0 Å². The average Bonchev–Trinajstić information content (AvgIpc) is 2.25. The van der Waals surface area contributed by atoms with Gasteiger partial charge in [-0.1, -0.05) is 0 Å². The van der Waals surface area contributed by atoms with Crippen LogP contribution in [0.15, 0.2) is 10.9 Å². The molecule has 0 spiro atoms. The molecule has 0 aromatic carbocycles. The molecule has 2 rings (SSSR count). The molecule has 1 fully saturated rings. The molecule has 2 heterocycles. The smallest absolute Gasteiger partial charge is 0.253 e. The first-order valence-electron chi connectivity index (χ1n) is 5.92. The lowest BCUT2D eigenvalue weighted by Crippen LogP contribution is -2.33. The molecule has 4 nitrogen and oxygen atoms in total. The number of nitrogens with zero attached hydrogens (tertiary/aromatic N) is 2. The van der Waals surface area contributed by atoms with Crippen molar-refractivity contribution in [2.24, 2.45) is 5.92 Å². The summed E-state index contributed by atoms with van der Waals surface area (Å²) < 4.78 is 1.81. The van der Waals surface area contributed by atoms with Crippen LogP contribution in [0.3, 0.4) is 0 Å². The maximum absolute atomic E-state index is 11.8. The van der Waals surface area contributed by atoms with Gasteiger partial charge in [0.2, 0.25) is 0 Å². The van der Waals surface area contributed by atoms with Gasteiger partial charge in [-0.05, 0) is 45.7 Å². The number of rotatable bonds is 2. The second-order valence-corrected chi connectivity index (χ2v) is 4.59. The highest BCUT2D eigenvalue weighted by atomic mass is 16.1. The molecule has 88 valence electrons. The van der Waals surface area contributed by atoms with E-state index in [-0.39, 0.29) is 5.56 Å². The zero-order valence-electron chi connectivity index (χ0n) is 9.99. The van der Waals surface area contributed by atoms with Crippen molar-refractivity contribution in [3.8, 4) is 0 Å². The van der Waals surface area contributed by atoms with Gasteiger partial charge in [-0.15, -0.1) is 0 Å². The molecule has 1 saturated heterocycles. The highest BCUT2D eigenvalue weighted by Gasteiger charge is 2.15. The predicted octanol–water partition coefficient (Wildman–Crippen LogP) is 0.860. The van der Waals surface area contributed by atoms with E-state index >= 15 is 0 Å². The largest absolute Gasteiger partial charge is 0.317 e. The molecule has 0 atom stereocenters. The lowest BCUT2D eigenvalue weighted by Gasteiger charge is -2.23. The van der Waals surface area contributed by atoms with Crippen molar-refractivity contribution in [1.82, 2.24) is 14.9 Å². The number of hydrogen-bond donors (Lipinski definition) is 1. The van der Waals surface area contributed by atoms with Gasteiger partial charge in [0.1, 0.15) is 5.82 Å². The van der Waals surface area contributed by atoms with E-state index in [1.54, 1.807) is 6.07 Å². The molecule has 0 amide bonds. The van der Waals surface area contributed by atoms with E-state index in [2.05, 4.69) is 10.3 Å². The zero-order valence-corrected chi connectivity index (χ0v) is 9.99. The Kier molecular flexibility index (Phi) is 3.39. The summed E-state index contributed by atoms with van der Waals surface area (Å²) in [6.07, 6.45) is 2.31. The van der Waals surface area contributed by atoms with E-state index in [4.69, 9.17) is 0 Å². The first-order valence-corrected chi connectivity index (χ1v) is 5.92. The molecule has 0 unspecified atom stereocenters. The summed E-state index contributed by atoms with van der Waals surface area (Å²) in [5.41, 5.74) is 0.896. The molecule has 16 heavy (non-hydrogen) atoms. The third-order valence-corrected chi connectivity index (χ3v) is 3.23. The Morgan fingerprint density at radius 3 is 2.75 bits per heavy atom. The van der Waals surface area contributed by atoms with E-state index < -0.39 is 0 Å². The minimum Gasteiger partial charge on any atom is -0.317 e. The fourth-order valence-corrected chi connectivity index (χ4v) is 2.31. The summed E-state index contributed by atoms with van der Waals surface area (Å²) in [7, 11) is 0. The summed E-state index contributed by atoms with van der Waals surface area (Å²) in [4.78, 5) is 16.2. The van der Waals surface area contributed by atoms with Crippen LogP contribution in [0, 0.1) is 19.8 Å². The van der Waals surface area contributed by atoms with Gasteiger partial charge in [-0.3, -0.25) is 9.36 Å². The van der Waals surface area contributed by atoms with Crippen molar-refractivity contribution in [1.29, 1.82) is 0 Å². The Morgan fingerprint density at radius 2 is 2.12 bits per heavy atom. The van der Waals surface area contributed by atoms with E-state index in [1.165, 1.54) is 0 Å². The predicted molar refractivity (Wildman–Crippen MR) is 63.6 cm³/mol. The molecule has 1 aliphatic rings. The third kappa shape index (κ3) is 2.50. The van der Waals surface area contributed by atoms with Crippen molar-refractivity contribution >= 4 is 0 Å². The Bertz CT molecular complexity index is 419. The molecule has 0 saturated carbocycles. The molecule has 1 aromatic rings. The summed E-state index contributed by atoms with van der Waals surface area (Å²) in [5.74, 6) is 1.45. The SMILES string of the molecule is Cc1cc(=O)n(CC2CCNCC2)c(C)n1. The van der Waals surface area contributed by atoms with E-state index in [1.807, 2.05) is 18.4 Å². The number of aromatic nitrogens is 2. The van der Waals surface area contributed by atoms with Crippen molar-refractivity contribution < 1.29 is 0 Å². The molecule has 1 aliphatic heterocycles. The van der Waals surface area contributed by atoms with Gasteiger partial charge < -0.3 is 5.32 Å². The average molecular weight is 221 g/mol. The number of aryl methyl sites for hydroxylation is 2. The molecular formula is C12H19N3O. The molecule has 1 aromatic heterocycles. The highest BCUT2D eigenvalue weighted by molar-refractivity contribution is 5.01. The van der Waals surface area contributed by atoms with Gasteiger partial charge in [-0.25, -0.2) is 4.98 Å². The highest BCUT2D eigenvalue weighted by Crippen LogP contribution is 2.13. The van der Waals surface area contributed by atoms with Crippen LogP contribution in [0.2, 0.25) is 0 Å². The maximum atomic E-state index is 11.8. The van der Waals surface area contributed by atoms with Gasteiger partial charge in [0.05, 0.1) is 0 Å². The van der Waals surface area contributed by atoms with E-state index in [0.717, 1.165) is 44.0 Å². The second kappa shape index (κ2) is 4.78. The van der Waals surface area contributed by atoms with Crippen molar-refractivity contribution in [2.75, 3.05) is 13.1 Å². The molecule has 4 heteroatoms. The number of hydrogen-bond acceptors (Lipinski definition) is 3. The van der Waals surface area contributed by atoms with Gasteiger partial charge in [0, 0.05) is 18.3 Å². The standard InChI is InChI=1S/C12H19N3O/c1-9-7-12(16)15(10(2)14-9)8-11-3-5-13-6-4-11/h7,11,13H,3-6,8H2,1-2H3. The van der Waals surface area contributed by atoms with Gasteiger partial charge >= 0.3 is 0 Å². The third-order valence-electron chi connectivity index (χ3n) is 3.23. The van der Waals surface area contributed by atoms with Crippen LogP contribution in [0.5, 0.6) is 0 Å². The normalized spacial score (nSPS) is 17.6. The lowest BCUT2D eigenvalue weighted by molar-refractivity contribution is 0.325. The Morgan fingerprint density at radius 1 is 1.44 bits per heavy atom. The first kappa shape index (κ1) is 11.3. The van der Waals surface area contributed by atoms with Crippen molar-refractivity contribution in [2.45, 2.75) is 33.2 Å². The summed E-state index contributed by atoms with van der Waals surface area (Å²) in [6, 6.07) is 1.62. The molecule has 0 radical (unpaired) electrons. The minimum absolute atomic E-state index is 0.0866. The molecular weight excluding hydrogens is 202 g/mol. The van der Waals surface area contributed by atoms with Crippen LogP contribution in [0.1, 0.15) is 24.4 Å². The Balaban J connectivity index is 2.17. The van der Waals surface area contributed by atoms with E-state index in [0.29, 0.717) is 5.92 Å². The monoisotopic (exact) mass is 221 g/mol. The first-order chi connectivity index (χ1) is 7.66. The lowest BCUT2D eigenvalue weighted by atomic mass is 9.98. The Hall–Kier alpha value is -1.16. The molecule has 0 bridgehead atoms. The quantitative estimate of drug-likeness (QED) is 0.805. The molecule has 0 aliphatic carbocycles. The number of nitrogens with one attached hydrogen (secondary N) is 1. The maximum Gasteiger partial charge on any atom is 0.253 e. The van der Waals surface area contributed by atoms with Crippen LogP contribution in [0.25, 0.3) is 0 Å². The zero-order chi connectivity index (χ0) is 11.5. The van der Waals surface area contributed by atoms with E-state index in [9.17, 15) is 4.79 Å². The fraction of sp³-hybridized carbons (Fsp3) is 0.667. The van der Waals surface area contributed by atoms with Crippen molar-refractivity contribution in [3.63, 3.8) is 0 Å². The van der Waals surface area contributed by atoms with Gasteiger partial charge in [0.25, 0.3) is 5.56 Å². The van der Waals surface area contributed by atoms with Gasteiger partial charge in [0.15, 0.2) is 0 Å². The fourth-order valence-electron chi connectivity index (χ4n) is 2.31. The summed E-state index contributed by atoms with van der Waals surface area (Å²) >= 11 is 0. The molecule has 1 N–H and O–H groups in total. The van der Waals surface area contributed by atoms with Crippen LogP contribution >= 0.6 is 0 Å². The summed E-state index contributed by atoms with van der Waals surface area (Å²) in [6.45, 7) is 6.73.